The Hall–Kier alpha value is -1.56. The molecule has 0 bridgehead atoms. The maximum Gasteiger partial charge on any atom is 0.305 e. The lowest BCUT2D eigenvalue weighted by Crippen LogP contribution is -2.29. The number of nitrogens with zero attached hydrogens (tertiary/aromatic N) is 1. The molecule has 0 aliphatic carbocycles. The highest BCUT2D eigenvalue weighted by Gasteiger charge is 2.16. The van der Waals surface area contributed by atoms with Gasteiger partial charge in [0.2, 0.25) is 0 Å². The molecule has 1 rings (SSSR count). The number of hydrogen-bond donors (Lipinski definition) is 1. The number of benzene rings is 1. The highest BCUT2D eigenvalue weighted by Crippen LogP contribution is 2.23. The van der Waals surface area contributed by atoms with E-state index >= 15 is 0 Å². The molecular formula is C14H19BrN2O3. The van der Waals surface area contributed by atoms with Crippen molar-refractivity contribution in [1.29, 1.82) is 0 Å². The minimum absolute atomic E-state index is 0.111. The van der Waals surface area contributed by atoms with Crippen LogP contribution in [0.1, 0.15) is 28.8 Å². The lowest BCUT2D eigenvalue weighted by molar-refractivity contribution is -0.140. The molecule has 0 heterocycles. The number of carbonyl (C=O) groups is 2. The van der Waals surface area contributed by atoms with Crippen molar-refractivity contribution in [1.82, 2.24) is 4.90 Å². The third-order valence-electron chi connectivity index (χ3n) is 3.09. The fraction of sp³-hybridized carbons (Fsp3) is 0.429. The van der Waals surface area contributed by atoms with Crippen LogP contribution in [0.4, 0.5) is 5.69 Å². The maximum absolute atomic E-state index is 12.3. The van der Waals surface area contributed by atoms with Gasteiger partial charge in [-0.25, -0.2) is 0 Å². The second-order valence-electron chi connectivity index (χ2n) is 4.57. The van der Waals surface area contributed by atoms with Gasteiger partial charge in [-0.15, -0.1) is 0 Å². The molecule has 20 heavy (non-hydrogen) atoms. The summed E-state index contributed by atoms with van der Waals surface area (Å²) in [6.45, 7) is 2.30. The van der Waals surface area contributed by atoms with Crippen LogP contribution < -0.4 is 5.73 Å². The average Bonchev–Trinajstić information content (AvgIpc) is 2.41. The van der Waals surface area contributed by atoms with Gasteiger partial charge in [-0.2, -0.15) is 0 Å². The molecule has 0 unspecified atom stereocenters. The van der Waals surface area contributed by atoms with Gasteiger partial charge in [0.1, 0.15) is 0 Å². The first-order chi connectivity index (χ1) is 9.36. The van der Waals surface area contributed by atoms with Gasteiger partial charge in [-0.3, -0.25) is 9.59 Å². The van der Waals surface area contributed by atoms with E-state index < -0.39 is 0 Å². The molecular weight excluding hydrogens is 324 g/mol. The van der Waals surface area contributed by atoms with Crippen LogP contribution in [0, 0.1) is 6.92 Å². The predicted molar refractivity (Wildman–Crippen MR) is 81.5 cm³/mol. The highest BCUT2D eigenvalue weighted by molar-refractivity contribution is 9.10. The maximum atomic E-state index is 12.3. The van der Waals surface area contributed by atoms with E-state index in [1.165, 1.54) is 7.11 Å². The van der Waals surface area contributed by atoms with Crippen LogP contribution in [0.15, 0.2) is 16.6 Å². The summed E-state index contributed by atoms with van der Waals surface area (Å²) in [7, 11) is 3.06. The number of nitrogens with two attached hydrogens (primary N) is 1. The van der Waals surface area contributed by atoms with Gasteiger partial charge < -0.3 is 15.4 Å². The SMILES string of the molecule is COC(=O)CCCN(C)C(=O)c1cc(Br)cc(N)c1C. The molecule has 0 saturated heterocycles. The van der Waals surface area contributed by atoms with Crippen LogP contribution in [0.2, 0.25) is 0 Å². The normalized spacial score (nSPS) is 10.2. The van der Waals surface area contributed by atoms with E-state index in [1.807, 2.05) is 6.92 Å². The molecule has 1 amide bonds. The van der Waals surface area contributed by atoms with Gasteiger partial charge in [-0.05, 0) is 31.0 Å². The molecule has 0 atom stereocenters. The van der Waals surface area contributed by atoms with Crippen molar-refractivity contribution in [2.75, 3.05) is 26.4 Å². The van der Waals surface area contributed by atoms with Crippen molar-refractivity contribution in [3.63, 3.8) is 0 Å². The molecule has 0 radical (unpaired) electrons. The first kappa shape index (κ1) is 16.5. The van der Waals surface area contributed by atoms with E-state index in [9.17, 15) is 9.59 Å². The number of methoxy groups -OCH3 is 1. The number of hydrogen-bond acceptors (Lipinski definition) is 4. The Morgan fingerprint density at radius 2 is 2.05 bits per heavy atom. The molecule has 0 fully saturated rings. The molecule has 1 aromatic carbocycles. The molecule has 0 aliphatic heterocycles. The van der Waals surface area contributed by atoms with Crippen molar-refractivity contribution in [3.8, 4) is 0 Å². The second-order valence-corrected chi connectivity index (χ2v) is 5.49. The fourth-order valence-electron chi connectivity index (χ4n) is 1.79. The van der Waals surface area contributed by atoms with Gasteiger partial charge in [0.05, 0.1) is 7.11 Å². The van der Waals surface area contributed by atoms with E-state index in [0.717, 1.165) is 10.0 Å². The lowest BCUT2D eigenvalue weighted by Gasteiger charge is -2.19. The number of ether oxygens (including phenoxy) is 1. The van der Waals surface area contributed by atoms with E-state index in [2.05, 4.69) is 20.7 Å². The van der Waals surface area contributed by atoms with Gasteiger partial charge in [0, 0.05) is 35.7 Å². The molecule has 0 aliphatic rings. The van der Waals surface area contributed by atoms with Crippen LogP contribution in [0.25, 0.3) is 0 Å². The van der Waals surface area contributed by atoms with E-state index in [0.29, 0.717) is 30.6 Å². The number of esters is 1. The quantitative estimate of drug-likeness (QED) is 0.658. The van der Waals surface area contributed by atoms with Crippen molar-refractivity contribution in [3.05, 3.63) is 27.7 Å². The summed E-state index contributed by atoms with van der Waals surface area (Å²) in [6.07, 6.45) is 0.866. The summed E-state index contributed by atoms with van der Waals surface area (Å²) in [5.41, 5.74) is 7.76. The molecule has 0 saturated carbocycles. The van der Waals surface area contributed by atoms with Crippen LogP contribution in [-0.4, -0.2) is 37.5 Å². The molecule has 6 heteroatoms. The minimum atomic E-state index is -0.270. The zero-order valence-corrected chi connectivity index (χ0v) is 13.5. The van der Waals surface area contributed by atoms with Gasteiger partial charge in [0.15, 0.2) is 0 Å². The number of halogens is 1. The minimum Gasteiger partial charge on any atom is -0.469 e. The first-order valence-electron chi connectivity index (χ1n) is 6.24. The van der Waals surface area contributed by atoms with Crippen LogP contribution in [0.5, 0.6) is 0 Å². The summed E-state index contributed by atoms with van der Waals surface area (Å²) in [5.74, 6) is -0.380. The summed E-state index contributed by atoms with van der Waals surface area (Å²) < 4.78 is 5.33. The lowest BCUT2D eigenvalue weighted by atomic mass is 10.1. The fourth-order valence-corrected chi connectivity index (χ4v) is 2.27. The number of carbonyl (C=O) groups excluding carboxylic acids is 2. The van der Waals surface area contributed by atoms with Crippen molar-refractivity contribution >= 4 is 33.5 Å². The standard InChI is InChI=1S/C14H19BrN2O3/c1-9-11(7-10(15)8-12(9)16)14(19)17(2)6-4-5-13(18)20-3/h7-8H,4-6,16H2,1-3H3. The van der Waals surface area contributed by atoms with Crippen LogP contribution in [-0.2, 0) is 9.53 Å². The summed E-state index contributed by atoms with van der Waals surface area (Å²) in [4.78, 5) is 25.0. The Morgan fingerprint density at radius 1 is 1.40 bits per heavy atom. The highest BCUT2D eigenvalue weighted by atomic mass is 79.9. The average molecular weight is 343 g/mol. The number of rotatable bonds is 5. The van der Waals surface area contributed by atoms with Crippen molar-refractivity contribution < 1.29 is 14.3 Å². The number of nitrogen functional groups attached to an aromatic ring is 1. The molecule has 2 N–H and O–H groups in total. The molecule has 5 nitrogen and oxygen atoms in total. The zero-order chi connectivity index (χ0) is 15.3. The number of amides is 1. The number of anilines is 1. The van der Waals surface area contributed by atoms with E-state index in [1.54, 1.807) is 24.1 Å². The Balaban J connectivity index is 2.72. The van der Waals surface area contributed by atoms with Gasteiger partial charge in [0.25, 0.3) is 5.91 Å². The van der Waals surface area contributed by atoms with Crippen molar-refractivity contribution in [2.45, 2.75) is 19.8 Å². The summed E-state index contributed by atoms with van der Waals surface area (Å²) in [6, 6.07) is 3.52. The monoisotopic (exact) mass is 342 g/mol. The van der Waals surface area contributed by atoms with Crippen LogP contribution in [0.3, 0.4) is 0 Å². The Labute approximate surface area is 127 Å². The van der Waals surface area contributed by atoms with Crippen molar-refractivity contribution in [2.24, 2.45) is 0 Å². The van der Waals surface area contributed by atoms with Crippen LogP contribution >= 0.6 is 15.9 Å². The Kier molecular flexibility index (Phi) is 6.01. The second kappa shape index (κ2) is 7.28. The molecule has 110 valence electrons. The summed E-state index contributed by atoms with van der Waals surface area (Å²) >= 11 is 3.33. The zero-order valence-electron chi connectivity index (χ0n) is 11.9. The smallest absolute Gasteiger partial charge is 0.305 e. The van der Waals surface area contributed by atoms with Gasteiger partial charge >= 0.3 is 5.97 Å². The third kappa shape index (κ3) is 4.23. The van der Waals surface area contributed by atoms with E-state index in [4.69, 9.17) is 5.73 Å². The molecule has 0 spiro atoms. The Bertz CT molecular complexity index is 517. The third-order valence-corrected chi connectivity index (χ3v) is 3.55. The first-order valence-corrected chi connectivity index (χ1v) is 7.04. The summed E-state index contributed by atoms with van der Waals surface area (Å²) in [5, 5.41) is 0. The topological polar surface area (TPSA) is 72.6 Å². The van der Waals surface area contributed by atoms with Gasteiger partial charge in [-0.1, -0.05) is 15.9 Å². The molecule has 1 aromatic rings. The predicted octanol–water partition coefficient (Wildman–Crippen LogP) is 2.36. The molecule has 0 aromatic heterocycles. The largest absolute Gasteiger partial charge is 0.469 e. The van der Waals surface area contributed by atoms with E-state index in [-0.39, 0.29) is 11.9 Å². The Morgan fingerprint density at radius 3 is 2.65 bits per heavy atom.